The first kappa shape index (κ1) is 22.5. The summed E-state index contributed by atoms with van der Waals surface area (Å²) in [4.78, 5) is 40.0. The van der Waals surface area contributed by atoms with Gasteiger partial charge in [0.2, 0.25) is 11.8 Å². The van der Waals surface area contributed by atoms with Crippen molar-refractivity contribution in [1.29, 1.82) is 0 Å². The van der Waals surface area contributed by atoms with E-state index in [0.29, 0.717) is 18.9 Å². The van der Waals surface area contributed by atoms with Crippen molar-refractivity contribution in [2.24, 2.45) is 11.3 Å². The first-order chi connectivity index (χ1) is 12.8. The molecule has 0 aromatic heterocycles. The van der Waals surface area contributed by atoms with Gasteiger partial charge in [0.1, 0.15) is 17.7 Å². The molecule has 2 aliphatic rings. The number of carbonyl (C=O) groups is 3. The molecule has 2 N–H and O–H groups in total. The standard InChI is InChI=1S/C21H37N3O4/c1-8-13-12-14(13)22-17(25)15-10-9-11-24(15)18(26)16(20(2,3)4)23-19(27)28-21(5,6)7/h13-16H,8-12H2,1-7H3,(H,22,25)(H,23,27)/t13-,14-,15+,16-/m1/s1. The molecule has 0 bridgehead atoms. The number of rotatable bonds is 5. The molecule has 1 aliphatic heterocycles. The van der Waals surface area contributed by atoms with Crippen molar-refractivity contribution in [2.75, 3.05) is 6.54 Å². The average molecular weight is 396 g/mol. The lowest BCUT2D eigenvalue weighted by Gasteiger charge is -2.35. The molecule has 7 nitrogen and oxygen atoms in total. The molecule has 0 aromatic carbocycles. The number of likely N-dealkylation sites (tertiary alicyclic amines) is 1. The first-order valence-electron chi connectivity index (χ1n) is 10.4. The first-order valence-corrected chi connectivity index (χ1v) is 10.4. The van der Waals surface area contributed by atoms with Crippen LogP contribution < -0.4 is 10.6 Å². The fraction of sp³-hybridized carbons (Fsp3) is 0.857. The van der Waals surface area contributed by atoms with E-state index in [9.17, 15) is 14.4 Å². The smallest absolute Gasteiger partial charge is 0.408 e. The van der Waals surface area contributed by atoms with Gasteiger partial charge in [0.25, 0.3) is 0 Å². The molecular weight excluding hydrogens is 358 g/mol. The number of alkyl carbamates (subject to hydrolysis) is 1. The van der Waals surface area contributed by atoms with E-state index in [0.717, 1.165) is 19.3 Å². The molecule has 2 rings (SSSR count). The highest BCUT2D eigenvalue weighted by molar-refractivity contribution is 5.92. The van der Waals surface area contributed by atoms with Gasteiger partial charge in [-0.05, 0) is 51.4 Å². The zero-order chi connectivity index (χ0) is 21.3. The summed E-state index contributed by atoms with van der Waals surface area (Å²) in [7, 11) is 0. The summed E-state index contributed by atoms with van der Waals surface area (Å²) in [5.41, 5.74) is -1.16. The van der Waals surface area contributed by atoms with E-state index in [1.165, 1.54) is 0 Å². The Balaban J connectivity index is 2.07. The highest BCUT2D eigenvalue weighted by atomic mass is 16.6. The maximum Gasteiger partial charge on any atom is 0.408 e. The Kier molecular flexibility index (Phi) is 6.66. The number of nitrogens with one attached hydrogen (secondary N) is 2. The molecule has 2 fully saturated rings. The molecule has 1 heterocycles. The van der Waals surface area contributed by atoms with Gasteiger partial charge in [-0.1, -0.05) is 34.1 Å². The van der Waals surface area contributed by atoms with E-state index in [4.69, 9.17) is 4.74 Å². The predicted molar refractivity (Wildman–Crippen MR) is 108 cm³/mol. The molecule has 1 saturated carbocycles. The minimum Gasteiger partial charge on any atom is -0.444 e. The minimum absolute atomic E-state index is 0.0725. The zero-order valence-electron chi connectivity index (χ0n) is 18.4. The maximum absolute atomic E-state index is 13.3. The number of amides is 3. The number of hydrogen-bond acceptors (Lipinski definition) is 4. The Morgan fingerprint density at radius 3 is 2.29 bits per heavy atom. The monoisotopic (exact) mass is 395 g/mol. The van der Waals surface area contributed by atoms with E-state index in [1.54, 1.807) is 25.7 Å². The second kappa shape index (κ2) is 8.29. The van der Waals surface area contributed by atoms with Gasteiger partial charge in [0.05, 0.1) is 0 Å². The van der Waals surface area contributed by atoms with Crippen LogP contribution in [0.1, 0.15) is 74.1 Å². The van der Waals surface area contributed by atoms with Gasteiger partial charge in [0, 0.05) is 12.6 Å². The fourth-order valence-corrected chi connectivity index (χ4v) is 3.70. The Hall–Kier alpha value is -1.79. The Bertz CT molecular complexity index is 606. The summed E-state index contributed by atoms with van der Waals surface area (Å²) in [5.74, 6) is 0.265. The zero-order valence-corrected chi connectivity index (χ0v) is 18.4. The van der Waals surface area contributed by atoms with Crippen LogP contribution in [0.15, 0.2) is 0 Å². The van der Waals surface area contributed by atoms with E-state index < -0.39 is 29.2 Å². The van der Waals surface area contributed by atoms with Gasteiger partial charge in [-0.25, -0.2) is 4.79 Å². The number of hydrogen-bond donors (Lipinski definition) is 2. The topological polar surface area (TPSA) is 87.7 Å². The van der Waals surface area contributed by atoms with Gasteiger partial charge in [-0.3, -0.25) is 9.59 Å². The summed E-state index contributed by atoms with van der Waals surface area (Å²) in [6, 6.07) is -0.982. The van der Waals surface area contributed by atoms with Crippen LogP contribution in [0.4, 0.5) is 4.79 Å². The molecule has 1 aliphatic carbocycles. The SMILES string of the molecule is CC[C@@H]1C[C@H]1NC(=O)[C@@H]1CCCN1C(=O)[C@@H](NC(=O)OC(C)(C)C)C(C)(C)C. The van der Waals surface area contributed by atoms with Gasteiger partial charge in [0.15, 0.2) is 0 Å². The van der Waals surface area contributed by atoms with Crippen LogP contribution in [-0.4, -0.2) is 53.1 Å². The normalized spacial score (nSPS) is 25.8. The van der Waals surface area contributed by atoms with Crippen LogP contribution in [0.5, 0.6) is 0 Å². The van der Waals surface area contributed by atoms with Crippen molar-refractivity contribution in [3.05, 3.63) is 0 Å². The van der Waals surface area contributed by atoms with Gasteiger partial charge in [-0.15, -0.1) is 0 Å². The highest BCUT2D eigenvalue weighted by Crippen LogP contribution is 2.34. The molecule has 4 atom stereocenters. The third-order valence-electron chi connectivity index (χ3n) is 5.39. The summed E-state index contributed by atoms with van der Waals surface area (Å²) >= 11 is 0. The molecule has 1 saturated heterocycles. The Labute approximate surface area is 168 Å². The lowest BCUT2D eigenvalue weighted by Crippen LogP contribution is -2.58. The predicted octanol–water partition coefficient (Wildman–Crippen LogP) is 2.83. The number of ether oxygens (including phenoxy) is 1. The second-order valence-electron chi connectivity index (χ2n) is 10.2. The summed E-state index contributed by atoms with van der Waals surface area (Å²) in [6.07, 6.45) is 2.90. The molecule has 7 heteroatoms. The molecule has 0 radical (unpaired) electrons. The van der Waals surface area contributed by atoms with Crippen LogP contribution >= 0.6 is 0 Å². The molecule has 0 unspecified atom stereocenters. The quantitative estimate of drug-likeness (QED) is 0.749. The summed E-state index contributed by atoms with van der Waals surface area (Å²) < 4.78 is 5.34. The largest absolute Gasteiger partial charge is 0.444 e. The highest BCUT2D eigenvalue weighted by Gasteiger charge is 2.44. The lowest BCUT2D eigenvalue weighted by atomic mass is 9.85. The van der Waals surface area contributed by atoms with Gasteiger partial charge in [-0.2, -0.15) is 0 Å². The molecule has 3 amide bonds. The van der Waals surface area contributed by atoms with Gasteiger partial charge >= 0.3 is 6.09 Å². The van der Waals surface area contributed by atoms with Crippen LogP contribution in [0.25, 0.3) is 0 Å². The number of nitrogens with zero attached hydrogens (tertiary/aromatic N) is 1. The van der Waals surface area contributed by atoms with Crippen molar-refractivity contribution in [3.8, 4) is 0 Å². The van der Waals surface area contributed by atoms with Crippen molar-refractivity contribution < 1.29 is 19.1 Å². The van der Waals surface area contributed by atoms with Crippen LogP contribution in [0.3, 0.4) is 0 Å². The molecular formula is C21H37N3O4. The van der Waals surface area contributed by atoms with E-state index >= 15 is 0 Å². The summed E-state index contributed by atoms with van der Waals surface area (Å²) in [6.45, 7) is 13.7. The van der Waals surface area contributed by atoms with Crippen molar-refractivity contribution in [1.82, 2.24) is 15.5 Å². The molecule has 28 heavy (non-hydrogen) atoms. The third kappa shape index (κ3) is 5.85. The lowest BCUT2D eigenvalue weighted by molar-refractivity contribution is -0.142. The van der Waals surface area contributed by atoms with Crippen molar-refractivity contribution in [3.63, 3.8) is 0 Å². The maximum atomic E-state index is 13.3. The summed E-state index contributed by atoms with van der Waals surface area (Å²) in [5, 5.41) is 5.82. The fourth-order valence-electron chi connectivity index (χ4n) is 3.70. The number of carbonyl (C=O) groups excluding carboxylic acids is 3. The molecule has 160 valence electrons. The average Bonchev–Trinajstić information content (AvgIpc) is 3.10. The Morgan fingerprint density at radius 1 is 1.14 bits per heavy atom. The van der Waals surface area contributed by atoms with Crippen molar-refractivity contribution >= 4 is 17.9 Å². The molecule has 0 aromatic rings. The van der Waals surface area contributed by atoms with E-state index in [2.05, 4.69) is 17.6 Å². The van der Waals surface area contributed by atoms with Crippen LogP contribution in [0, 0.1) is 11.3 Å². The second-order valence-corrected chi connectivity index (χ2v) is 10.2. The van der Waals surface area contributed by atoms with E-state index in [1.807, 2.05) is 20.8 Å². The third-order valence-corrected chi connectivity index (χ3v) is 5.39. The minimum atomic E-state index is -0.764. The van der Waals surface area contributed by atoms with Gasteiger partial charge < -0.3 is 20.3 Å². The van der Waals surface area contributed by atoms with Crippen molar-refractivity contribution in [2.45, 2.75) is 97.9 Å². The molecule has 0 spiro atoms. The Morgan fingerprint density at radius 2 is 1.79 bits per heavy atom. The van der Waals surface area contributed by atoms with Crippen LogP contribution in [-0.2, 0) is 14.3 Å². The van der Waals surface area contributed by atoms with E-state index in [-0.39, 0.29) is 17.9 Å². The van der Waals surface area contributed by atoms with Crippen LogP contribution in [0.2, 0.25) is 0 Å².